The molecule has 0 spiro atoms. The largest absolute Gasteiger partial charge is 0.356 e. The van der Waals surface area contributed by atoms with Crippen LogP contribution in [-0.2, 0) is 11.2 Å². The zero-order valence-corrected chi connectivity index (χ0v) is 11.6. The lowest BCUT2D eigenvalue weighted by molar-refractivity contribution is -0.115. The minimum Gasteiger partial charge on any atom is -0.356 e. The number of hydrogen-bond acceptors (Lipinski definition) is 5. The van der Waals surface area contributed by atoms with Gasteiger partial charge in [-0.05, 0) is 12.1 Å². The molecule has 0 unspecified atom stereocenters. The summed E-state index contributed by atoms with van der Waals surface area (Å²) in [5, 5.41) is 8.72. The first-order valence-corrected chi connectivity index (χ1v) is 7.00. The van der Waals surface area contributed by atoms with E-state index < -0.39 is 5.82 Å². The van der Waals surface area contributed by atoms with Crippen molar-refractivity contribution in [1.29, 1.82) is 0 Å². The van der Waals surface area contributed by atoms with Gasteiger partial charge in [-0.25, -0.2) is 9.37 Å². The molecule has 0 aliphatic heterocycles. The molecule has 3 rings (SSSR count). The van der Waals surface area contributed by atoms with E-state index in [1.165, 1.54) is 17.4 Å². The van der Waals surface area contributed by atoms with Crippen LogP contribution >= 0.6 is 11.3 Å². The van der Waals surface area contributed by atoms with Crippen molar-refractivity contribution in [1.82, 2.24) is 10.1 Å². The highest BCUT2D eigenvalue weighted by Crippen LogP contribution is 2.23. The van der Waals surface area contributed by atoms with Crippen LogP contribution in [0.25, 0.3) is 11.3 Å². The highest BCUT2D eigenvalue weighted by atomic mass is 32.1. The van der Waals surface area contributed by atoms with Gasteiger partial charge in [-0.15, -0.1) is 11.3 Å². The van der Waals surface area contributed by atoms with Crippen LogP contribution in [0, 0.1) is 5.82 Å². The van der Waals surface area contributed by atoms with Crippen molar-refractivity contribution in [2.24, 2.45) is 0 Å². The lowest BCUT2D eigenvalue weighted by Crippen LogP contribution is -2.14. The maximum absolute atomic E-state index is 13.6. The SMILES string of the molecule is O=C(Cc1cc(-c2ccccc2F)on1)Nc1nccs1. The number of carbonyl (C=O) groups excluding carboxylic acids is 1. The number of amides is 1. The number of nitrogens with one attached hydrogen (secondary N) is 1. The number of rotatable bonds is 4. The molecule has 1 amide bonds. The van der Waals surface area contributed by atoms with Gasteiger partial charge >= 0.3 is 0 Å². The van der Waals surface area contributed by atoms with Crippen LogP contribution in [0.3, 0.4) is 0 Å². The van der Waals surface area contributed by atoms with Gasteiger partial charge in [-0.2, -0.15) is 0 Å². The number of anilines is 1. The first-order valence-electron chi connectivity index (χ1n) is 6.12. The number of carbonyl (C=O) groups is 1. The molecule has 21 heavy (non-hydrogen) atoms. The molecule has 3 aromatic rings. The van der Waals surface area contributed by atoms with Crippen molar-refractivity contribution in [3.63, 3.8) is 0 Å². The Labute approximate surface area is 123 Å². The van der Waals surface area contributed by atoms with Crippen molar-refractivity contribution in [2.45, 2.75) is 6.42 Å². The number of halogens is 1. The minimum atomic E-state index is -0.396. The summed E-state index contributed by atoms with van der Waals surface area (Å²) in [5.41, 5.74) is 0.749. The Bertz CT molecular complexity index is 755. The van der Waals surface area contributed by atoms with Crippen LogP contribution in [0.15, 0.2) is 46.4 Å². The Morgan fingerprint density at radius 1 is 1.38 bits per heavy atom. The fraction of sp³-hybridized carbons (Fsp3) is 0.0714. The lowest BCUT2D eigenvalue weighted by Gasteiger charge is -1.97. The van der Waals surface area contributed by atoms with Gasteiger partial charge < -0.3 is 9.84 Å². The standard InChI is InChI=1S/C14H10FN3O2S/c15-11-4-2-1-3-10(11)12-7-9(18-20-12)8-13(19)17-14-16-5-6-21-14/h1-7H,8H2,(H,16,17,19). The Kier molecular flexibility index (Phi) is 3.74. The van der Waals surface area contributed by atoms with E-state index in [1.807, 2.05) is 0 Å². The maximum Gasteiger partial charge on any atom is 0.232 e. The number of nitrogens with zero attached hydrogens (tertiary/aromatic N) is 2. The average molecular weight is 303 g/mol. The van der Waals surface area contributed by atoms with Gasteiger partial charge in [0.1, 0.15) is 5.82 Å². The van der Waals surface area contributed by atoms with Gasteiger partial charge in [0.25, 0.3) is 0 Å². The van der Waals surface area contributed by atoms with Crippen molar-refractivity contribution >= 4 is 22.4 Å². The molecule has 106 valence electrons. The molecule has 2 heterocycles. The number of benzene rings is 1. The fourth-order valence-electron chi connectivity index (χ4n) is 1.80. The fourth-order valence-corrected chi connectivity index (χ4v) is 2.34. The Morgan fingerprint density at radius 2 is 2.24 bits per heavy atom. The molecule has 0 bridgehead atoms. The highest BCUT2D eigenvalue weighted by Gasteiger charge is 2.13. The van der Waals surface area contributed by atoms with E-state index in [0.717, 1.165) is 0 Å². The molecule has 5 nitrogen and oxygen atoms in total. The molecule has 1 aromatic carbocycles. The van der Waals surface area contributed by atoms with Crippen LogP contribution in [0.4, 0.5) is 9.52 Å². The van der Waals surface area contributed by atoms with Crippen molar-refractivity contribution < 1.29 is 13.7 Å². The summed E-state index contributed by atoms with van der Waals surface area (Å²) in [6.07, 6.45) is 1.64. The second-order valence-corrected chi connectivity index (χ2v) is 5.12. The lowest BCUT2D eigenvalue weighted by atomic mass is 10.1. The third kappa shape index (κ3) is 3.14. The summed E-state index contributed by atoms with van der Waals surface area (Å²) in [5.74, 6) is -0.351. The van der Waals surface area contributed by atoms with Gasteiger partial charge in [-0.3, -0.25) is 4.79 Å². The van der Waals surface area contributed by atoms with Gasteiger partial charge in [0.15, 0.2) is 10.9 Å². The summed E-state index contributed by atoms with van der Waals surface area (Å²) in [7, 11) is 0. The normalized spacial score (nSPS) is 10.5. The summed E-state index contributed by atoms with van der Waals surface area (Å²) < 4.78 is 18.7. The van der Waals surface area contributed by atoms with Crippen molar-refractivity contribution in [2.75, 3.05) is 5.32 Å². The number of thiazole rings is 1. The van der Waals surface area contributed by atoms with E-state index in [9.17, 15) is 9.18 Å². The number of aromatic nitrogens is 2. The van der Waals surface area contributed by atoms with Crippen LogP contribution in [0.5, 0.6) is 0 Å². The first kappa shape index (κ1) is 13.4. The summed E-state index contributed by atoms with van der Waals surface area (Å²) >= 11 is 1.33. The molecule has 0 aliphatic rings. The quantitative estimate of drug-likeness (QED) is 0.804. The third-order valence-electron chi connectivity index (χ3n) is 2.72. The van der Waals surface area contributed by atoms with E-state index >= 15 is 0 Å². The second kappa shape index (κ2) is 5.84. The zero-order valence-electron chi connectivity index (χ0n) is 10.7. The minimum absolute atomic E-state index is 0.0392. The van der Waals surface area contributed by atoms with Gasteiger partial charge in [0, 0.05) is 17.6 Å². The van der Waals surface area contributed by atoms with Gasteiger partial charge in [0.2, 0.25) is 5.91 Å². The van der Waals surface area contributed by atoms with E-state index in [4.69, 9.17) is 4.52 Å². The molecule has 0 atom stereocenters. The molecular weight excluding hydrogens is 293 g/mol. The zero-order chi connectivity index (χ0) is 14.7. The topological polar surface area (TPSA) is 68.0 Å². The molecule has 7 heteroatoms. The highest BCUT2D eigenvalue weighted by molar-refractivity contribution is 7.13. The van der Waals surface area contributed by atoms with E-state index in [0.29, 0.717) is 22.1 Å². The summed E-state index contributed by atoms with van der Waals surface area (Å²) in [6.45, 7) is 0. The van der Waals surface area contributed by atoms with Crippen LogP contribution in [0.1, 0.15) is 5.69 Å². The average Bonchev–Trinajstić information content (AvgIpc) is 3.11. The van der Waals surface area contributed by atoms with Crippen LogP contribution < -0.4 is 5.32 Å². The Morgan fingerprint density at radius 3 is 3.00 bits per heavy atom. The van der Waals surface area contributed by atoms with Crippen LogP contribution in [0.2, 0.25) is 0 Å². The molecule has 1 N–H and O–H groups in total. The first-order chi connectivity index (χ1) is 10.2. The van der Waals surface area contributed by atoms with E-state index in [2.05, 4.69) is 15.5 Å². The van der Waals surface area contributed by atoms with E-state index in [1.54, 1.807) is 35.8 Å². The molecule has 2 aromatic heterocycles. The molecule has 0 aliphatic carbocycles. The summed E-state index contributed by atoms with van der Waals surface area (Å²) in [6, 6.07) is 7.79. The Hall–Kier alpha value is -2.54. The molecule has 0 radical (unpaired) electrons. The van der Waals surface area contributed by atoms with E-state index in [-0.39, 0.29) is 12.3 Å². The maximum atomic E-state index is 13.6. The Balaban J connectivity index is 1.71. The van der Waals surface area contributed by atoms with Crippen molar-refractivity contribution in [3.05, 3.63) is 53.4 Å². The molecule has 0 saturated heterocycles. The molecule has 0 saturated carbocycles. The monoisotopic (exact) mass is 303 g/mol. The smallest absolute Gasteiger partial charge is 0.232 e. The van der Waals surface area contributed by atoms with Gasteiger partial charge in [-0.1, -0.05) is 17.3 Å². The predicted molar refractivity (Wildman–Crippen MR) is 76.3 cm³/mol. The summed E-state index contributed by atoms with van der Waals surface area (Å²) in [4.78, 5) is 15.7. The number of hydrogen-bond donors (Lipinski definition) is 1. The van der Waals surface area contributed by atoms with Gasteiger partial charge in [0.05, 0.1) is 17.7 Å². The predicted octanol–water partition coefficient (Wildman–Crippen LogP) is 3.12. The second-order valence-electron chi connectivity index (χ2n) is 4.22. The molecule has 0 fully saturated rings. The van der Waals surface area contributed by atoms with Crippen LogP contribution in [-0.4, -0.2) is 16.0 Å². The molecular formula is C14H10FN3O2S. The van der Waals surface area contributed by atoms with Crippen molar-refractivity contribution in [3.8, 4) is 11.3 Å². The third-order valence-corrected chi connectivity index (χ3v) is 3.41.